The predicted octanol–water partition coefficient (Wildman–Crippen LogP) is 2.81. The van der Waals surface area contributed by atoms with Gasteiger partial charge in [-0.25, -0.2) is 4.98 Å². The topological polar surface area (TPSA) is 53.1 Å². The minimum Gasteiger partial charge on any atom is -0.492 e. The summed E-state index contributed by atoms with van der Waals surface area (Å²) in [6.45, 7) is 1.47. The van der Waals surface area contributed by atoms with Crippen LogP contribution >= 0.6 is 0 Å². The third-order valence-corrected chi connectivity index (χ3v) is 3.73. The molecular formula is C15H19N3O. The molecular weight excluding hydrogens is 238 g/mol. The summed E-state index contributed by atoms with van der Waals surface area (Å²) in [5.41, 5.74) is 7.80. The number of nitrogen functional groups attached to an aromatic ring is 1. The fourth-order valence-corrected chi connectivity index (χ4v) is 2.43. The van der Waals surface area contributed by atoms with Gasteiger partial charge in [0, 0.05) is 29.6 Å². The lowest BCUT2D eigenvalue weighted by Crippen LogP contribution is -2.16. The molecule has 1 heterocycles. The van der Waals surface area contributed by atoms with Crippen LogP contribution in [0.4, 0.5) is 5.69 Å². The highest BCUT2D eigenvalue weighted by Crippen LogP contribution is 2.35. The molecule has 4 nitrogen and oxygen atoms in total. The molecule has 1 saturated carbocycles. The van der Waals surface area contributed by atoms with E-state index in [-0.39, 0.29) is 0 Å². The van der Waals surface area contributed by atoms with Crippen molar-refractivity contribution in [2.75, 3.05) is 12.3 Å². The van der Waals surface area contributed by atoms with Crippen molar-refractivity contribution in [3.05, 3.63) is 42.5 Å². The summed E-state index contributed by atoms with van der Waals surface area (Å²) in [6, 6.07) is 7.54. The molecule has 2 N–H and O–H groups in total. The molecule has 3 rings (SSSR count). The molecule has 0 saturated heterocycles. The van der Waals surface area contributed by atoms with Crippen LogP contribution in [0.15, 0.2) is 36.8 Å². The first kappa shape index (κ1) is 12.1. The van der Waals surface area contributed by atoms with Crippen molar-refractivity contribution in [1.82, 2.24) is 9.55 Å². The van der Waals surface area contributed by atoms with Gasteiger partial charge in [-0.05, 0) is 25.0 Å². The minimum atomic E-state index is 0.638. The Balaban J connectivity index is 1.56. The maximum atomic E-state index is 5.72. The van der Waals surface area contributed by atoms with Crippen LogP contribution in [0.5, 0.6) is 5.75 Å². The Bertz CT molecular complexity index is 546. The average molecular weight is 257 g/mol. The second-order valence-electron chi connectivity index (χ2n) is 5.06. The number of anilines is 1. The molecule has 0 amide bonds. The highest BCUT2D eigenvalue weighted by atomic mass is 16.5. The second-order valence-corrected chi connectivity index (χ2v) is 5.06. The van der Waals surface area contributed by atoms with Gasteiger partial charge in [0.2, 0.25) is 0 Å². The molecule has 1 aliphatic rings. The van der Waals surface area contributed by atoms with Gasteiger partial charge in [-0.1, -0.05) is 12.5 Å². The van der Waals surface area contributed by atoms with Gasteiger partial charge in [-0.2, -0.15) is 0 Å². The standard InChI is InChI=1S/C15H19N3O/c16-13-5-2-6-14(9-13)19-8-7-18-11-17-10-15(18)12-3-1-4-12/h2,5-6,9-12H,1,3-4,7-8,16H2. The van der Waals surface area contributed by atoms with E-state index >= 15 is 0 Å². The number of ether oxygens (including phenoxy) is 1. The number of aromatic nitrogens is 2. The van der Waals surface area contributed by atoms with Crippen molar-refractivity contribution < 1.29 is 4.74 Å². The molecule has 1 fully saturated rings. The molecule has 19 heavy (non-hydrogen) atoms. The summed E-state index contributed by atoms with van der Waals surface area (Å²) in [7, 11) is 0. The molecule has 0 aliphatic heterocycles. The number of nitrogens with zero attached hydrogens (tertiary/aromatic N) is 2. The van der Waals surface area contributed by atoms with Crippen molar-refractivity contribution in [3.63, 3.8) is 0 Å². The van der Waals surface area contributed by atoms with Crippen LogP contribution in [0.3, 0.4) is 0 Å². The Morgan fingerprint density at radius 2 is 2.26 bits per heavy atom. The molecule has 1 aromatic carbocycles. The van der Waals surface area contributed by atoms with Crippen LogP contribution in [0.2, 0.25) is 0 Å². The lowest BCUT2D eigenvalue weighted by molar-refractivity contribution is 0.291. The van der Waals surface area contributed by atoms with Gasteiger partial charge in [0.15, 0.2) is 0 Å². The monoisotopic (exact) mass is 257 g/mol. The fraction of sp³-hybridized carbons (Fsp3) is 0.400. The zero-order valence-electron chi connectivity index (χ0n) is 11.0. The van der Waals surface area contributed by atoms with Gasteiger partial charge in [0.25, 0.3) is 0 Å². The highest BCUT2D eigenvalue weighted by Gasteiger charge is 2.22. The molecule has 2 aromatic rings. The fourth-order valence-electron chi connectivity index (χ4n) is 2.43. The zero-order chi connectivity index (χ0) is 13.1. The maximum Gasteiger partial charge on any atom is 0.121 e. The van der Waals surface area contributed by atoms with E-state index in [1.54, 1.807) is 0 Å². The van der Waals surface area contributed by atoms with Crippen LogP contribution in [0.25, 0.3) is 0 Å². The van der Waals surface area contributed by atoms with Crippen LogP contribution in [0.1, 0.15) is 30.9 Å². The summed E-state index contributed by atoms with van der Waals surface area (Å²) in [5, 5.41) is 0. The predicted molar refractivity (Wildman–Crippen MR) is 75.2 cm³/mol. The first-order valence-corrected chi connectivity index (χ1v) is 6.81. The molecule has 0 radical (unpaired) electrons. The summed E-state index contributed by atoms with van der Waals surface area (Å²) >= 11 is 0. The van der Waals surface area contributed by atoms with E-state index < -0.39 is 0 Å². The second kappa shape index (κ2) is 5.34. The van der Waals surface area contributed by atoms with E-state index in [1.807, 2.05) is 36.8 Å². The summed E-state index contributed by atoms with van der Waals surface area (Å²) in [4.78, 5) is 4.25. The Labute approximate surface area is 113 Å². The molecule has 1 aliphatic carbocycles. The number of imidazole rings is 1. The minimum absolute atomic E-state index is 0.638. The molecule has 4 heteroatoms. The molecule has 0 bridgehead atoms. The Morgan fingerprint density at radius 1 is 1.37 bits per heavy atom. The number of benzene rings is 1. The molecule has 0 spiro atoms. The Morgan fingerprint density at radius 3 is 3.00 bits per heavy atom. The van der Waals surface area contributed by atoms with Crippen LogP contribution in [-0.4, -0.2) is 16.2 Å². The first-order chi connectivity index (χ1) is 9.33. The normalized spacial score (nSPS) is 15.2. The van der Waals surface area contributed by atoms with E-state index in [9.17, 15) is 0 Å². The third-order valence-electron chi connectivity index (χ3n) is 3.73. The SMILES string of the molecule is Nc1cccc(OCCn2cncc2C2CCC2)c1. The highest BCUT2D eigenvalue weighted by molar-refractivity contribution is 5.43. The molecule has 0 unspecified atom stereocenters. The summed E-state index contributed by atoms with van der Waals surface area (Å²) < 4.78 is 7.92. The van der Waals surface area contributed by atoms with Crippen LogP contribution < -0.4 is 10.5 Å². The van der Waals surface area contributed by atoms with E-state index in [0.29, 0.717) is 12.5 Å². The van der Waals surface area contributed by atoms with Gasteiger partial charge < -0.3 is 15.0 Å². The van der Waals surface area contributed by atoms with Crippen LogP contribution in [-0.2, 0) is 6.54 Å². The van der Waals surface area contributed by atoms with Crippen molar-refractivity contribution in [1.29, 1.82) is 0 Å². The van der Waals surface area contributed by atoms with Gasteiger partial charge in [-0.15, -0.1) is 0 Å². The largest absolute Gasteiger partial charge is 0.492 e. The number of rotatable bonds is 5. The molecule has 0 atom stereocenters. The number of hydrogen-bond acceptors (Lipinski definition) is 3. The molecule has 1 aromatic heterocycles. The Kier molecular flexibility index (Phi) is 3.40. The van der Waals surface area contributed by atoms with Crippen molar-refractivity contribution in [2.24, 2.45) is 0 Å². The van der Waals surface area contributed by atoms with E-state index in [2.05, 4.69) is 9.55 Å². The van der Waals surface area contributed by atoms with E-state index in [0.717, 1.165) is 18.0 Å². The summed E-state index contributed by atoms with van der Waals surface area (Å²) in [6.07, 6.45) is 7.82. The Hall–Kier alpha value is -1.97. The number of nitrogens with two attached hydrogens (primary N) is 1. The smallest absolute Gasteiger partial charge is 0.121 e. The van der Waals surface area contributed by atoms with E-state index in [4.69, 9.17) is 10.5 Å². The third kappa shape index (κ3) is 2.72. The quantitative estimate of drug-likeness (QED) is 0.838. The molecule has 100 valence electrons. The summed E-state index contributed by atoms with van der Waals surface area (Å²) in [5.74, 6) is 1.53. The van der Waals surface area contributed by atoms with Gasteiger partial charge >= 0.3 is 0 Å². The first-order valence-electron chi connectivity index (χ1n) is 6.81. The van der Waals surface area contributed by atoms with Gasteiger partial charge in [0.05, 0.1) is 12.9 Å². The van der Waals surface area contributed by atoms with Crippen molar-refractivity contribution in [3.8, 4) is 5.75 Å². The zero-order valence-corrected chi connectivity index (χ0v) is 11.0. The number of hydrogen-bond donors (Lipinski definition) is 1. The lowest BCUT2D eigenvalue weighted by Gasteiger charge is -2.26. The van der Waals surface area contributed by atoms with Crippen molar-refractivity contribution in [2.45, 2.75) is 31.7 Å². The van der Waals surface area contributed by atoms with Gasteiger partial charge in [-0.3, -0.25) is 0 Å². The maximum absolute atomic E-state index is 5.72. The lowest BCUT2D eigenvalue weighted by atomic mass is 9.83. The van der Waals surface area contributed by atoms with Crippen molar-refractivity contribution >= 4 is 5.69 Å². The van der Waals surface area contributed by atoms with Gasteiger partial charge in [0.1, 0.15) is 12.4 Å². The van der Waals surface area contributed by atoms with E-state index in [1.165, 1.54) is 25.0 Å². The average Bonchev–Trinajstić information content (AvgIpc) is 2.75. The van der Waals surface area contributed by atoms with Crippen LogP contribution in [0, 0.1) is 0 Å².